The number of piperidine rings is 1. The number of anilines is 1. The maximum absolute atomic E-state index is 13.4. The summed E-state index contributed by atoms with van der Waals surface area (Å²) in [6, 6.07) is 6.06. The molecule has 2 aliphatic rings. The van der Waals surface area contributed by atoms with Crippen LogP contribution in [0.5, 0.6) is 0 Å². The van der Waals surface area contributed by atoms with Crippen molar-refractivity contribution in [1.29, 1.82) is 0 Å². The minimum absolute atomic E-state index is 0.0302. The first-order valence-corrected chi connectivity index (χ1v) is 15.0. The number of carbonyl (C=O) groups is 2. The first-order chi connectivity index (χ1) is 17.2. The Hall–Kier alpha value is -2.27. The summed E-state index contributed by atoms with van der Waals surface area (Å²) in [5.74, 6) is -0.416. The van der Waals surface area contributed by atoms with Crippen LogP contribution in [0.4, 0.5) is 5.00 Å². The minimum Gasteiger partial charge on any atom is -0.339 e. The van der Waals surface area contributed by atoms with Crippen LogP contribution in [0, 0.1) is 0 Å². The van der Waals surface area contributed by atoms with E-state index in [0.717, 1.165) is 49.2 Å². The number of sulfonamides is 1. The Kier molecular flexibility index (Phi) is 8.18. The summed E-state index contributed by atoms with van der Waals surface area (Å²) in [5.41, 5.74) is 1.98. The van der Waals surface area contributed by atoms with Crippen LogP contribution in [0.15, 0.2) is 29.2 Å². The number of nitrogens with one attached hydrogen (secondary N) is 1. The Morgan fingerprint density at radius 3 is 2.44 bits per heavy atom. The molecule has 2 aliphatic heterocycles. The van der Waals surface area contributed by atoms with Gasteiger partial charge in [0.2, 0.25) is 10.0 Å². The fourth-order valence-corrected chi connectivity index (χ4v) is 8.05. The number of thiophene rings is 1. The van der Waals surface area contributed by atoms with Crippen molar-refractivity contribution >= 4 is 38.2 Å². The van der Waals surface area contributed by atoms with Crippen molar-refractivity contribution < 1.29 is 18.0 Å². The maximum Gasteiger partial charge on any atom is 0.257 e. The highest BCUT2D eigenvalue weighted by molar-refractivity contribution is 7.89. The number of hydrogen-bond acceptors (Lipinski definition) is 6. The molecule has 1 aromatic heterocycles. The second kappa shape index (κ2) is 11.0. The molecule has 4 rings (SSSR count). The lowest BCUT2D eigenvalue weighted by Gasteiger charge is -2.32. The van der Waals surface area contributed by atoms with Gasteiger partial charge in [0.25, 0.3) is 11.8 Å². The second-order valence-corrected chi connectivity index (χ2v) is 12.6. The molecule has 10 heteroatoms. The highest BCUT2D eigenvalue weighted by Crippen LogP contribution is 2.38. The topological polar surface area (TPSA) is 90.0 Å². The molecule has 1 saturated heterocycles. The monoisotopic (exact) mass is 532 g/mol. The largest absolute Gasteiger partial charge is 0.339 e. The minimum atomic E-state index is -3.60. The van der Waals surface area contributed by atoms with Gasteiger partial charge < -0.3 is 15.1 Å². The number of fused-ring (bicyclic) bond motifs is 1. The maximum atomic E-state index is 13.4. The highest BCUT2D eigenvalue weighted by atomic mass is 32.2. The third-order valence-corrected chi connectivity index (χ3v) is 10.4. The average Bonchev–Trinajstić information content (AvgIpc) is 3.21. The van der Waals surface area contributed by atoms with E-state index in [2.05, 4.69) is 10.2 Å². The van der Waals surface area contributed by atoms with E-state index in [0.29, 0.717) is 35.8 Å². The van der Waals surface area contributed by atoms with Crippen molar-refractivity contribution in [2.75, 3.05) is 38.5 Å². The van der Waals surface area contributed by atoms with Crippen molar-refractivity contribution in [2.45, 2.75) is 63.9 Å². The predicted molar refractivity (Wildman–Crippen MR) is 143 cm³/mol. The molecule has 3 heterocycles. The van der Waals surface area contributed by atoms with Crippen LogP contribution in [0.25, 0.3) is 0 Å². The predicted octanol–water partition coefficient (Wildman–Crippen LogP) is 4.03. The summed E-state index contributed by atoms with van der Waals surface area (Å²) >= 11 is 1.46. The van der Waals surface area contributed by atoms with E-state index < -0.39 is 10.0 Å². The van der Waals surface area contributed by atoms with Gasteiger partial charge in [0.1, 0.15) is 5.00 Å². The third kappa shape index (κ3) is 5.22. The summed E-state index contributed by atoms with van der Waals surface area (Å²) in [6.07, 6.45) is 3.52. The number of benzene rings is 1. The van der Waals surface area contributed by atoms with E-state index in [9.17, 15) is 18.0 Å². The fraction of sp³-hybridized carbons (Fsp3) is 0.538. The van der Waals surface area contributed by atoms with Gasteiger partial charge in [-0.3, -0.25) is 9.59 Å². The summed E-state index contributed by atoms with van der Waals surface area (Å²) in [5, 5.41) is 3.53. The van der Waals surface area contributed by atoms with Crippen molar-refractivity contribution in [3.05, 3.63) is 45.8 Å². The van der Waals surface area contributed by atoms with Crippen LogP contribution >= 0.6 is 11.3 Å². The Morgan fingerprint density at radius 1 is 1.11 bits per heavy atom. The van der Waals surface area contributed by atoms with E-state index in [1.807, 2.05) is 27.8 Å². The number of rotatable bonds is 7. The Bertz CT molecular complexity index is 1220. The highest BCUT2D eigenvalue weighted by Gasteiger charge is 2.32. The van der Waals surface area contributed by atoms with Gasteiger partial charge in [0.15, 0.2) is 0 Å². The normalized spacial score (nSPS) is 19.1. The number of carbonyl (C=O) groups excluding carboxylic acids is 2. The molecule has 1 atom stereocenters. The summed E-state index contributed by atoms with van der Waals surface area (Å²) in [7, 11) is -1.56. The Labute approximate surface area is 218 Å². The zero-order valence-corrected chi connectivity index (χ0v) is 23.2. The molecule has 1 fully saturated rings. The number of nitrogens with zero attached hydrogens (tertiary/aromatic N) is 3. The molecule has 0 radical (unpaired) electrons. The number of amides is 2. The van der Waals surface area contributed by atoms with Gasteiger partial charge >= 0.3 is 0 Å². The zero-order valence-electron chi connectivity index (χ0n) is 21.5. The molecule has 0 saturated carbocycles. The van der Waals surface area contributed by atoms with Gasteiger partial charge in [-0.25, -0.2) is 8.42 Å². The Morgan fingerprint density at radius 2 is 1.81 bits per heavy atom. The Balaban J connectivity index is 1.59. The van der Waals surface area contributed by atoms with Crippen LogP contribution in [0.3, 0.4) is 0 Å². The summed E-state index contributed by atoms with van der Waals surface area (Å²) in [4.78, 5) is 31.9. The summed E-state index contributed by atoms with van der Waals surface area (Å²) in [6.45, 7) is 9.16. The van der Waals surface area contributed by atoms with Gasteiger partial charge in [-0.2, -0.15) is 4.31 Å². The standard InChI is InChI=1S/C26H36N4O4S2/c1-5-29(6-2)26(32)23-21-14-16-28(4)17-22(21)35-25(23)27-24(31)19-10-12-20(13-11-19)36(33,34)30-15-8-7-9-18(30)3/h10-13,18H,5-9,14-17H2,1-4H3,(H,27,31). The first-order valence-electron chi connectivity index (χ1n) is 12.7. The lowest BCUT2D eigenvalue weighted by Crippen LogP contribution is -2.41. The van der Waals surface area contributed by atoms with E-state index in [1.54, 1.807) is 21.3 Å². The van der Waals surface area contributed by atoms with Gasteiger partial charge in [-0.1, -0.05) is 6.42 Å². The molecular formula is C26H36N4O4S2. The van der Waals surface area contributed by atoms with Crippen molar-refractivity contribution in [3.8, 4) is 0 Å². The van der Waals surface area contributed by atoms with Crippen LogP contribution in [-0.2, 0) is 23.0 Å². The second-order valence-electron chi connectivity index (χ2n) is 9.61. The number of hydrogen-bond donors (Lipinski definition) is 1. The van der Waals surface area contributed by atoms with Crippen molar-refractivity contribution in [1.82, 2.24) is 14.1 Å². The first kappa shape index (κ1) is 26.8. The van der Waals surface area contributed by atoms with Crippen LogP contribution in [0.2, 0.25) is 0 Å². The van der Waals surface area contributed by atoms with E-state index in [-0.39, 0.29) is 22.8 Å². The van der Waals surface area contributed by atoms with Crippen molar-refractivity contribution in [2.24, 2.45) is 0 Å². The van der Waals surface area contributed by atoms with Gasteiger partial charge in [0.05, 0.1) is 10.5 Å². The smallest absolute Gasteiger partial charge is 0.257 e. The lowest BCUT2D eigenvalue weighted by atomic mass is 10.0. The average molecular weight is 533 g/mol. The molecule has 0 aliphatic carbocycles. The van der Waals surface area contributed by atoms with E-state index in [1.165, 1.54) is 23.5 Å². The van der Waals surface area contributed by atoms with Crippen LogP contribution < -0.4 is 5.32 Å². The molecule has 0 bridgehead atoms. The van der Waals surface area contributed by atoms with Gasteiger partial charge in [0, 0.05) is 49.2 Å². The van der Waals surface area contributed by atoms with Gasteiger partial charge in [-0.15, -0.1) is 11.3 Å². The van der Waals surface area contributed by atoms with Gasteiger partial charge in [-0.05, 0) is 76.9 Å². The quantitative estimate of drug-likeness (QED) is 0.582. The van der Waals surface area contributed by atoms with Crippen LogP contribution in [-0.4, -0.2) is 73.6 Å². The molecule has 1 N–H and O–H groups in total. The molecule has 1 unspecified atom stereocenters. The van der Waals surface area contributed by atoms with Crippen LogP contribution in [0.1, 0.15) is 71.2 Å². The molecule has 1 aromatic carbocycles. The SMILES string of the molecule is CCN(CC)C(=O)c1c(NC(=O)c2ccc(S(=O)(=O)N3CCCCC3C)cc2)sc2c1CCN(C)C2. The fourth-order valence-electron chi connectivity index (χ4n) is 5.03. The zero-order chi connectivity index (χ0) is 26.0. The molecule has 2 aromatic rings. The molecule has 8 nitrogen and oxygen atoms in total. The molecular weight excluding hydrogens is 496 g/mol. The molecule has 0 spiro atoms. The third-order valence-electron chi connectivity index (χ3n) is 7.20. The van der Waals surface area contributed by atoms with Crippen molar-refractivity contribution in [3.63, 3.8) is 0 Å². The molecule has 36 heavy (non-hydrogen) atoms. The summed E-state index contributed by atoms with van der Waals surface area (Å²) < 4.78 is 27.8. The van der Waals surface area contributed by atoms with E-state index >= 15 is 0 Å². The lowest BCUT2D eigenvalue weighted by molar-refractivity contribution is 0.0772. The molecule has 2 amide bonds. The molecule has 196 valence electrons. The number of likely N-dealkylation sites (N-methyl/N-ethyl adjacent to an activating group) is 1. The van der Waals surface area contributed by atoms with E-state index in [4.69, 9.17) is 0 Å².